The Bertz CT molecular complexity index is 1170. The minimum Gasteiger partial charge on any atom is -0.496 e. The third-order valence-electron chi connectivity index (χ3n) is 5.32. The van der Waals surface area contributed by atoms with Crippen molar-refractivity contribution in [2.24, 2.45) is 0 Å². The summed E-state index contributed by atoms with van der Waals surface area (Å²) in [6.45, 7) is 10.9. The van der Waals surface area contributed by atoms with Crippen molar-refractivity contribution in [3.63, 3.8) is 0 Å². The number of thioether (sulfide) groups is 1. The molecule has 1 heterocycles. The van der Waals surface area contributed by atoms with Crippen LogP contribution in [0.3, 0.4) is 0 Å². The van der Waals surface area contributed by atoms with Gasteiger partial charge in [-0.05, 0) is 56.2 Å². The molecule has 0 aliphatic heterocycles. The molecule has 0 aliphatic carbocycles. The zero-order valence-corrected chi connectivity index (χ0v) is 20.7. The fourth-order valence-electron chi connectivity index (χ4n) is 3.71. The van der Waals surface area contributed by atoms with E-state index in [1.54, 1.807) is 31.0 Å². The number of imidazole rings is 1. The highest BCUT2D eigenvalue weighted by Crippen LogP contribution is 2.32. The van der Waals surface area contributed by atoms with Crippen molar-refractivity contribution in [1.82, 2.24) is 13.9 Å². The van der Waals surface area contributed by atoms with E-state index in [9.17, 15) is 8.42 Å². The van der Waals surface area contributed by atoms with Gasteiger partial charge in [0.15, 0.2) is 5.16 Å². The largest absolute Gasteiger partial charge is 0.496 e. The molecule has 0 aliphatic rings. The Morgan fingerprint density at radius 2 is 1.84 bits per heavy atom. The van der Waals surface area contributed by atoms with Gasteiger partial charge in [0.1, 0.15) is 5.75 Å². The molecule has 6 nitrogen and oxygen atoms in total. The van der Waals surface area contributed by atoms with Crippen LogP contribution in [0.5, 0.6) is 5.75 Å². The zero-order chi connectivity index (χ0) is 22.8. The molecular weight excluding hydrogens is 430 g/mol. The second kappa shape index (κ2) is 9.63. The summed E-state index contributed by atoms with van der Waals surface area (Å²) in [5.74, 6) is 1.65. The molecule has 0 fully saturated rings. The Balaban J connectivity index is 1.96. The number of nitrogens with zero attached hydrogens (tertiary/aromatic N) is 3. The van der Waals surface area contributed by atoms with Gasteiger partial charge < -0.3 is 9.30 Å². The second-order valence-corrected chi connectivity index (χ2v) is 10.6. The number of fused-ring (bicyclic) bond motifs is 1. The highest BCUT2D eigenvalue weighted by Gasteiger charge is 2.23. The Kier molecular flexibility index (Phi) is 7.34. The number of rotatable bonds is 9. The Morgan fingerprint density at radius 3 is 2.42 bits per heavy atom. The summed E-state index contributed by atoms with van der Waals surface area (Å²) in [6, 6.07) is 11.6. The average molecular weight is 462 g/mol. The number of aromatic nitrogens is 2. The molecule has 8 heteroatoms. The molecule has 168 valence electrons. The van der Waals surface area contributed by atoms with E-state index in [0.29, 0.717) is 23.5 Å². The van der Waals surface area contributed by atoms with Gasteiger partial charge in [-0.1, -0.05) is 37.7 Å². The normalized spacial score (nSPS) is 12.3. The topological polar surface area (TPSA) is 64.4 Å². The van der Waals surface area contributed by atoms with Gasteiger partial charge in [0.05, 0.1) is 23.0 Å². The molecule has 0 spiro atoms. The zero-order valence-electron chi connectivity index (χ0n) is 19.0. The first kappa shape index (κ1) is 23.6. The smallest absolute Gasteiger partial charge is 0.243 e. The molecule has 31 heavy (non-hydrogen) atoms. The van der Waals surface area contributed by atoms with Crippen LogP contribution < -0.4 is 4.74 Å². The molecule has 0 radical (unpaired) electrons. The number of benzene rings is 2. The van der Waals surface area contributed by atoms with E-state index < -0.39 is 10.0 Å². The fourth-order valence-corrected chi connectivity index (χ4v) is 6.27. The van der Waals surface area contributed by atoms with E-state index in [2.05, 4.69) is 30.5 Å². The van der Waals surface area contributed by atoms with Gasteiger partial charge in [-0.2, -0.15) is 4.31 Å². The van der Waals surface area contributed by atoms with Crippen molar-refractivity contribution in [2.45, 2.75) is 56.5 Å². The van der Waals surface area contributed by atoms with Gasteiger partial charge in [0, 0.05) is 24.9 Å². The summed E-state index contributed by atoms with van der Waals surface area (Å²) in [5, 5.41) is 0.885. The molecular formula is C23H31N3O3S2. The maximum Gasteiger partial charge on any atom is 0.243 e. The van der Waals surface area contributed by atoms with E-state index in [1.807, 2.05) is 32.9 Å². The predicted molar refractivity (Wildman–Crippen MR) is 128 cm³/mol. The lowest BCUT2D eigenvalue weighted by Gasteiger charge is -2.18. The molecule has 0 saturated carbocycles. The molecule has 3 rings (SSSR count). The van der Waals surface area contributed by atoms with Crippen molar-refractivity contribution < 1.29 is 13.2 Å². The highest BCUT2D eigenvalue weighted by molar-refractivity contribution is 7.98. The Labute approximate surface area is 189 Å². The molecule has 1 aromatic heterocycles. The summed E-state index contributed by atoms with van der Waals surface area (Å²) in [5.41, 5.74) is 3.94. The standard InChI is InChI=1S/C23H31N3O3S2/c1-7-25(8-2)31(27,28)19-10-11-21-20(14-19)24-23(26(21)16(3)4)30-15-18-9-12-22(29-6)17(5)13-18/h9-14,16H,7-8,15H2,1-6H3. The summed E-state index contributed by atoms with van der Waals surface area (Å²) in [7, 11) is -1.84. The molecule has 0 N–H and O–H groups in total. The van der Waals surface area contributed by atoms with Gasteiger partial charge in [-0.15, -0.1) is 0 Å². The summed E-state index contributed by atoms with van der Waals surface area (Å²) < 4.78 is 34.9. The van der Waals surface area contributed by atoms with Crippen LogP contribution in [0.25, 0.3) is 11.0 Å². The fraction of sp³-hybridized carbons (Fsp3) is 0.435. The van der Waals surface area contributed by atoms with Gasteiger partial charge in [-0.25, -0.2) is 13.4 Å². The van der Waals surface area contributed by atoms with Crippen LogP contribution in [0.15, 0.2) is 46.5 Å². The van der Waals surface area contributed by atoms with Crippen LogP contribution in [0.2, 0.25) is 0 Å². The summed E-state index contributed by atoms with van der Waals surface area (Å²) >= 11 is 1.66. The first-order valence-corrected chi connectivity index (χ1v) is 12.9. The van der Waals surface area contributed by atoms with Gasteiger partial charge >= 0.3 is 0 Å². The van der Waals surface area contributed by atoms with E-state index in [4.69, 9.17) is 9.72 Å². The molecule has 0 atom stereocenters. The van der Waals surface area contributed by atoms with Crippen molar-refractivity contribution in [1.29, 1.82) is 0 Å². The molecule has 0 amide bonds. The maximum absolute atomic E-state index is 12.9. The first-order valence-electron chi connectivity index (χ1n) is 10.5. The second-order valence-electron chi connectivity index (χ2n) is 7.69. The minimum absolute atomic E-state index is 0.204. The number of hydrogen-bond donors (Lipinski definition) is 0. The van der Waals surface area contributed by atoms with E-state index >= 15 is 0 Å². The maximum atomic E-state index is 12.9. The van der Waals surface area contributed by atoms with Crippen molar-refractivity contribution in [3.05, 3.63) is 47.5 Å². The van der Waals surface area contributed by atoms with Crippen molar-refractivity contribution in [3.8, 4) is 5.75 Å². The third kappa shape index (κ3) is 4.76. The van der Waals surface area contributed by atoms with Crippen LogP contribution in [0.4, 0.5) is 0 Å². The van der Waals surface area contributed by atoms with Crippen LogP contribution >= 0.6 is 11.8 Å². The van der Waals surface area contributed by atoms with Gasteiger partial charge in [0.25, 0.3) is 0 Å². The van der Waals surface area contributed by atoms with Crippen LogP contribution in [-0.4, -0.2) is 42.5 Å². The predicted octanol–water partition coefficient (Wildman–Crippen LogP) is 5.26. The molecule has 3 aromatic rings. The number of aryl methyl sites for hydroxylation is 1. The SMILES string of the molecule is CCN(CC)S(=O)(=O)c1ccc2c(c1)nc(SCc1ccc(OC)c(C)c1)n2C(C)C. The molecule has 0 unspecified atom stereocenters. The lowest BCUT2D eigenvalue weighted by molar-refractivity contribution is 0.411. The van der Waals surface area contributed by atoms with Crippen LogP contribution in [0, 0.1) is 6.92 Å². The molecule has 0 saturated heterocycles. The lowest BCUT2D eigenvalue weighted by Crippen LogP contribution is -2.30. The molecule has 0 bridgehead atoms. The van der Waals surface area contributed by atoms with Crippen molar-refractivity contribution >= 4 is 32.8 Å². The summed E-state index contributed by atoms with van der Waals surface area (Å²) in [6.07, 6.45) is 0. The van der Waals surface area contributed by atoms with E-state index in [1.165, 1.54) is 9.87 Å². The Hall–Kier alpha value is -2.03. The van der Waals surface area contributed by atoms with Gasteiger partial charge in [0.2, 0.25) is 10.0 Å². The number of ether oxygens (including phenoxy) is 1. The van der Waals surface area contributed by atoms with Crippen LogP contribution in [-0.2, 0) is 15.8 Å². The van der Waals surface area contributed by atoms with E-state index in [0.717, 1.165) is 27.7 Å². The third-order valence-corrected chi connectivity index (χ3v) is 8.39. The average Bonchev–Trinajstić information content (AvgIpc) is 3.11. The quantitative estimate of drug-likeness (QED) is 0.407. The minimum atomic E-state index is -3.52. The monoisotopic (exact) mass is 461 g/mol. The van der Waals surface area contributed by atoms with Crippen molar-refractivity contribution in [2.75, 3.05) is 20.2 Å². The summed E-state index contributed by atoms with van der Waals surface area (Å²) in [4.78, 5) is 5.10. The number of methoxy groups -OCH3 is 1. The van der Waals surface area contributed by atoms with Crippen LogP contribution in [0.1, 0.15) is 44.9 Å². The number of sulfonamides is 1. The van der Waals surface area contributed by atoms with E-state index in [-0.39, 0.29) is 6.04 Å². The van der Waals surface area contributed by atoms with Gasteiger partial charge in [-0.3, -0.25) is 0 Å². The highest BCUT2D eigenvalue weighted by atomic mass is 32.2. The number of hydrogen-bond acceptors (Lipinski definition) is 5. The lowest BCUT2D eigenvalue weighted by atomic mass is 10.1. The first-order chi connectivity index (χ1) is 14.7. The Morgan fingerprint density at radius 1 is 1.13 bits per heavy atom. The molecule has 2 aromatic carbocycles.